The number of aliphatic hydroxyl groups excluding tert-OH is 1. The average molecular weight is 630 g/mol. The Bertz CT molecular complexity index is 1710. The molecule has 7 rings (SSSR count). The van der Waals surface area contributed by atoms with Crippen LogP contribution in [0.3, 0.4) is 0 Å². The van der Waals surface area contributed by atoms with Gasteiger partial charge in [-0.15, -0.1) is 0 Å². The van der Waals surface area contributed by atoms with E-state index in [1.165, 1.54) is 17.7 Å². The van der Waals surface area contributed by atoms with Gasteiger partial charge in [-0.1, -0.05) is 19.4 Å². The molecule has 1 aromatic heterocycles. The van der Waals surface area contributed by atoms with Crippen LogP contribution in [0.5, 0.6) is 0 Å². The van der Waals surface area contributed by atoms with Crippen LogP contribution in [0.1, 0.15) is 57.2 Å². The molecule has 1 amide bonds. The summed E-state index contributed by atoms with van der Waals surface area (Å²) < 4.78 is 21.4. The molecular formula is C35H38FN4O4S+. The van der Waals surface area contributed by atoms with Gasteiger partial charge in [0, 0.05) is 11.5 Å². The Morgan fingerprint density at radius 3 is 2.78 bits per heavy atom. The highest BCUT2D eigenvalue weighted by molar-refractivity contribution is 8.13. The van der Waals surface area contributed by atoms with Crippen molar-refractivity contribution < 1.29 is 28.3 Å². The number of aliphatic hydroxyl groups is 1. The lowest BCUT2D eigenvalue weighted by Crippen LogP contribution is -2.58. The Labute approximate surface area is 266 Å². The number of carbonyl (C=O) groups is 2. The second kappa shape index (κ2) is 10.8. The van der Waals surface area contributed by atoms with Crippen molar-refractivity contribution in [1.82, 2.24) is 9.78 Å². The zero-order valence-electron chi connectivity index (χ0n) is 25.8. The van der Waals surface area contributed by atoms with E-state index in [1.54, 1.807) is 37.5 Å². The number of halogens is 1. The summed E-state index contributed by atoms with van der Waals surface area (Å²) in [7, 11) is 1.64. The van der Waals surface area contributed by atoms with Crippen molar-refractivity contribution >= 4 is 29.0 Å². The van der Waals surface area contributed by atoms with Crippen molar-refractivity contribution in [3.8, 4) is 11.8 Å². The van der Waals surface area contributed by atoms with Gasteiger partial charge >= 0.3 is 11.2 Å². The molecule has 0 spiro atoms. The molecular weight excluding hydrogens is 591 g/mol. The molecule has 1 aromatic carbocycles. The van der Waals surface area contributed by atoms with Crippen LogP contribution in [0.25, 0.3) is 11.8 Å². The van der Waals surface area contributed by atoms with Crippen LogP contribution in [0.4, 0.5) is 9.18 Å². The van der Waals surface area contributed by atoms with Crippen LogP contribution in [-0.4, -0.2) is 55.6 Å². The van der Waals surface area contributed by atoms with Crippen molar-refractivity contribution in [3.63, 3.8) is 0 Å². The van der Waals surface area contributed by atoms with E-state index in [2.05, 4.69) is 25.0 Å². The molecule has 0 radical (unpaired) electrons. The topological polar surface area (TPSA) is 105 Å². The fourth-order valence-corrected chi connectivity index (χ4v) is 10.1. The van der Waals surface area contributed by atoms with Gasteiger partial charge in [-0.05, 0) is 115 Å². The molecule has 8 atom stereocenters. The lowest BCUT2D eigenvalue weighted by atomic mass is 9.46. The summed E-state index contributed by atoms with van der Waals surface area (Å²) >= 11 is 0.887. The first-order valence-electron chi connectivity index (χ1n) is 15.7. The third-order valence-electron chi connectivity index (χ3n) is 11.6. The molecule has 2 heterocycles. The number of quaternary nitrogens is 1. The highest BCUT2D eigenvalue weighted by Gasteiger charge is 2.63. The Morgan fingerprint density at radius 2 is 2.02 bits per heavy atom. The highest BCUT2D eigenvalue weighted by Crippen LogP contribution is 2.65. The minimum absolute atomic E-state index is 0.0133. The fraction of sp³-hybridized carbons (Fsp3) is 0.486. The maximum absolute atomic E-state index is 13.6. The second-order valence-electron chi connectivity index (χ2n) is 14.0. The standard InChI is InChI=1S/C35H38FN4O4S/c1-34-18-21-20-38-39(24-9-7-23(36)8-10-24)27(21)17-22(34)6-11-25-26-12-13-30(35(26,2)19-29(41)31(25)34)44-32(42)28-5-4-15-40(28,3)33(43)45-16-14-37/h4-5,7-10,15,17,20,25-26,29-31,41H,6,11-13,16,18-19H2,1-3H3/q+1/t25-,26-,29-,30?,31+,34?,35-,40-/m0/s1. The number of esters is 1. The van der Waals surface area contributed by atoms with E-state index < -0.39 is 12.1 Å². The minimum Gasteiger partial charge on any atom is -0.454 e. The number of thioether (sulfide) groups is 1. The van der Waals surface area contributed by atoms with Crippen molar-refractivity contribution in [2.45, 2.75) is 64.6 Å². The minimum atomic E-state index is -0.560. The third-order valence-corrected chi connectivity index (χ3v) is 12.5. The molecule has 1 N–H and O–H groups in total. The summed E-state index contributed by atoms with van der Waals surface area (Å²) in [5.41, 5.74) is 3.96. The third kappa shape index (κ3) is 4.57. The molecule has 1 aliphatic heterocycles. The number of nitriles is 1. The molecule has 10 heteroatoms. The second-order valence-corrected chi connectivity index (χ2v) is 14.9. The Kier molecular flexibility index (Phi) is 7.23. The fourth-order valence-electron chi connectivity index (χ4n) is 9.50. The summed E-state index contributed by atoms with van der Waals surface area (Å²) in [6, 6.07) is 8.35. The lowest BCUT2D eigenvalue weighted by molar-refractivity contribution is -0.719. The number of hydrogen-bond donors (Lipinski definition) is 1. The predicted octanol–water partition coefficient (Wildman–Crippen LogP) is 6.31. The predicted molar refractivity (Wildman–Crippen MR) is 168 cm³/mol. The summed E-state index contributed by atoms with van der Waals surface area (Å²) in [5, 5.41) is 25.3. The van der Waals surface area contributed by atoms with Crippen LogP contribution in [-0.2, 0) is 16.0 Å². The van der Waals surface area contributed by atoms with Gasteiger partial charge in [0.2, 0.25) is 5.70 Å². The maximum atomic E-state index is 13.6. The molecule has 4 aliphatic carbocycles. The number of benzene rings is 1. The number of carbonyl (C=O) groups excluding carboxylic acids is 2. The van der Waals surface area contributed by atoms with E-state index in [4.69, 9.17) is 10.00 Å². The van der Waals surface area contributed by atoms with Gasteiger partial charge in [-0.25, -0.2) is 18.7 Å². The highest BCUT2D eigenvalue weighted by atomic mass is 32.2. The molecule has 0 bridgehead atoms. The molecule has 0 saturated heterocycles. The van der Waals surface area contributed by atoms with Gasteiger partial charge in [0.1, 0.15) is 18.1 Å². The number of ether oxygens (including phenoxy) is 1. The number of aromatic nitrogens is 2. The van der Waals surface area contributed by atoms with Crippen LogP contribution in [0.15, 0.2) is 60.1 Å². The van der Waals surface area contributed by atoms with Crippen LogP contribution in [0, 0.1) is 45.7 Å². The Hall–Kier alpha value is -3.52. The number of likely N-dealkylation sites (N-methyl/N-ethyl adjacent to an activating group) is 1. The Balaban J connectivity index is 1.11. The molecule has 3 saturated carbocycles. The molecule has 3 fully saturated rings. The average Bonchev–Trinajstić information content (AvgIpc) is 3.69. The first-order valence-corrected chi connectivity index (χ1v) is 16.7. The van der Waals surface area contributed by atoms with Crippen LogP contribution in [0.2, 0.25) is 0 Å². The summed E-state index contributed by atoms with van der Waals surface area (Å²) in [6.45, 7) is 4.47. The van der Waals surface area contributed by atoms with Gasteiger partial charge in [0.25, 0.3) is 0 Å². The van der Waals surface area contributed by atoms with Gasteiger partial charge in [0.15, 0.2) is 0 Å². The first kappa shape index (κ1) is 30.2. The molecule has 45 heavy (non-hydrogen) atoms. The quantitative estimate of drug-likeness (QED) is 0.312. The van der Waals surface area contributed by atoms with Crippen molar-refractivity contribution in [2.24, 2.45) is 28.6 Å². The van der Waals surface area contributed by atoms with Crippen molar-refractivity contribution in [1.29, 1.82) is 5.26 Å². The number of fused-ring (bicyclic) bond motifs is 6. The van der Waals surface area contributed by atoms with Crippen LogP contribution < -0.4 is 0 Å². The number of allylic oxidation sites excluding steroid dienone is 3. The van der Waals surface area contributed by atoms with E-state index >= 15 is 0 Å². The zero-order valence-corrected chi connectivity index (χ0v) is 26.6. The number of amides is 1. The van der Waals surface area contributed by atoms with E-state index in [0.29, 0.717) is 12.3 Å². The normalized spacial score (nSPS) is 36.1. The maximum Gasteiger partial charge on any atom is 0.394 e. The molecule has 2 unspecified atom stereocenters. The first-order chi connectivity index (χ1) is 21.5. The van der Waals surface area contributed by atoms with E-state index in [-0.39, 0.29) is 55.8 Å². The SMILES string of the molecule is CC12Cc3cnn(-c4ccc(F)cc4)c3C=C1CC[C@@H]1[C@@H]2[C@@H](O)C[C@]2(C)C(OC(=O)C3=CC=C[N@+]3(C)C(=O)SCC#N)CC[C@@H]12. The van der Waals surface area contributed by atoms with Crippen molar-refractivity contribution in [2.75, 3.05) is 12.8 Å². The van der Waals surface area contributed by atoms with E-state index in [1.807, 2.05) is 16.9 Å². The van der Waals surface area contributed by atoms with E-state index in [0.717, 1.165) is 60.8 Å². The Morgan fingerprint density at radius 1 is 1.24 bits per heavy atom. The van der Waals surface area contributed by atoms with Crippen LogP contribution >= 0.6 is 11.8 Å². The largest absolute Gasteiger partial charge is 0.454 e. The molecule has 2 aromatic rings. The summed E-state index contributed by atoms with van der Waals surface area (Å²) in [4.78, 5) is 26.5. The molecule has 8 nitrogen and oxygen atoms in total. The van der Waals surface area contributed by atoms with Gasteiger partial charge in [-0.2, -0.15) is 14.8 Å². The number of nitrogens with zero attached hydrogens (tertiary/aromatic N) is 4. The lowest BCUT2D eigenvalue weighted by Gasteiger charge is -2.59. The summed E-state index contributed by atoms with van der Waals surface area (Å²) in [6.07, 6.45) is 13.0. The molecule has 5 aliphatic rings. The van der Waals surface area contributed by atoms with E-state index in [9.17, 15) is 19.1 Å². The van der Waals surface area contributed by atoms with Crippen molar-refractivity contribution in [3.05, 3.63) is 77.2 Å². The zero-order chi connectivity index (χ0) is 31.7. The number of rotatable bonds is 4. The van der Waals surface area contributed by atoms with Gasteiger partial charge in [0.05, 0.1) is 42.6 Å². The number of hydrogen-bond acceptors (Lipinski definition) is 7. The smallest absolute Gasteiger partial charge is 0.394 e. The summed E-state index contributed by atoms with van der Waals surface area (Å²) in [5.74, 6) is -0.123. The van der Waals surface area contributed by atoms with Gasteiger partial charge in [-0.3, -0.25) is 0 Å². The van der Waals surface area contributed by atoms with Gasteiger partial charge < -0.3 is 9.84 Å². The molecule has 234 valence electrons. The monoisotopic (exact) mass is 629 g/mol.